The molecule has 2 aromatic carbocycles. The lowest BCUT2D eigenvalue weighted by Crippen LogP contribution is -2.39. The van der Waals surface area contributed by atoms with Crippen LogP contribution in [0.4, 0.5) is 0 Å². The van der Waals surface area contributed by atoms with Gasteiger partial charge in [0, 0.05) is 11.5 Å². The van der Waals surface area contributed by atoms with Gasteiger partial charge in [0.1, 0.15) is 0 Å². The van der Waals surface area contributed by atoms with Crippen LogP contribution in [0, 0.1) is 5.41 Å². The molecule has 2 aliphatic carbocycles. The SMILES string of the molecule is CCCCC=C1c2ccccc2[C@@H]2c3cc4c(cc3C(=O)[C@]12C(=O)OC)OCO4. The van der Waals surface area contributed by atoms with E-state index in [1.54, 1.807) is 6.07 Å². The number of rotatable bonds is 4. The van der Waals surface area contributed by atoms with Gasteiger partial charge >= 0.3 is 5.97 Å². The van der Waals surface area contributed by atoms with Gasteiger partial charge in [0.05, 0.1) is 7.11 Å². The first-order valence-electron chi connectivity index (χ1n) is 10.0. The average Bonchev–Trinajstić information content (AvgIpc) is 3.38. The van der Waals surface area contributed by atoms with E-state index in [4.69, 9.17) is 14.2 Å². The quantitative estimate of drug-likeness (QED) is 0.437. The van der Waals surface area contributed by atoms with Gasteiger partial charge in [-0.15, -0.1) is 0 Å². The number of esters is 1. The second-order valence-corrected chi connectivity index (χ2v) is 7.70. The molecule has 1 heterocycles. The van der Waals surface area contributed by atoms with E-state index in [2.05, 4.69) is 13.0 Å². The Morgan fingerprint density at radius 1 is 1.17 bits per heavy atom. The van der Waals surface area contributed by atoms with Crippen molar-refractivity contribution in [3.05, 3.63) is 64.7 Å². The van der Waals surface area contributed by atoms with Gasteiger partial charge in [0.25, 0.3) is 0 Å². The molecular formula is C24H22O5. The first kappa shape index (κ1) is 18.0. The highest BCUT2D eigenvalue weighted by molar-refractivity contribution is 6.27. The summed E-state index contributed by atoms with van der Waals surface area (Å²) in [6, 6.07) is 11.5. The molecule has 1 aliphatic heterocycles. The molecule has 0 fully saturated rings. The van der Waals surface area contributed by atoms with Gasteiger partial charge in [-0.25, -0.2) is 0 Å². The van der Waals surface area contributed by atoms with Crippen molar-refractivity contribution in [3.63, 3.8) is 0 Å². The summed E-state index contributed by atoms with van der Waals surface area (Å²) in [7, 11) is 1.35. The van der Waals surface area contributed by atoms with Crippen molar-refractivity contribution in [2.75, 3.05) is 13.9 Å². The van der Waals surface area contributed by atoms with Gasteiger partial charge in [-0.1, -0.05) is 50.1 Å². The van der Waals surface area contributed by atoms with Crippen molar-refractivity contribution < 1.29 is 23.8 Å². The van der Waals surface area contributed by atoms with E-state index >= 15 is 0 Å². The second kappa shape index (κ2) is 6.48. The molecule has 3 aliphatic rings. The lowest BCUT2D eigenvalue weighted by Gasteiger charge is -2.27. The largest absolute Gasteiger partial charge is 0.468 e. The van der Waals surface area contributed by atoms with E-state index in [-0.39, 0.29) is 12.6 Å². The molecule has 148 valence electrons. The molecular weight excluding hydrogens is 368 g/mol. The summed E-state index contributed by atoms with van der Waals surface area (Å²) in [5.41, 5.74) is 2.63. The number of ketones is 1. The average molecular weight is 390 g/mol. The monoisotopic (exact) mass is 390 g/mol. The third-order valence-electron chi connectivity index (χ3n) is 6.29. The molecule has 2 atom stereocenters. The number of carbonyl (C=O) groups is 2. The Balaban J connectivity index is 1.80. The fourth-order valence-corrected chi connectivity index (χ4v) is 5.06. The Bertz CT molecular complexity index is 1070. The molecule has 5 heteroatoms. The molecule has 0 bridgehead atoms. The summed E-state index contributed by atoms with van der Waals surface area (Å²) in [5, 5.41) is 0. The van der Waals surface area contributed by atoms with Gasteiger partial charge in [-0.3, -0.25) is 9.59 Å². The molecule has 5 nitrogen and oxygen atoms in total. The van der Waals surface area contributed by atoms with Crippen LogP contribution < -0.4 is 9.47 Å². The van der Waals surface area contributed by atoms with Gasteiger partial charge in [-0.2, -0.15) is 0 Å². The third-order valence-corrected chi connectivity index (χ3v) is 6.29. The Morgan fingerprint density at radius 2 is 1.93 bits per heavy atom. The summed E-state index contributed by atoms with van der Waals surface area (Å²) < 4.78 is 16.3. The van der Waals surface area contributed by atoms with Crippen molar-refractivity contribution >= 4 is 17.3 Å². The van der Waals surface area contributed by atoms with Crippen molar-refractivity contribution in [1.82, 2.24) is 0 Å². The molecule has 0 aromatic heterocycles. The number of allylic oxidation sites excluding steroid dienone is 1. The standard InChI is InChI=1S/C24H22O5/c1-3-4-5-10-18-14-8-6-7-9-15(14)21-16-11-19-20(29-13-28-19)12-17(16)22(25)24(18,21)23(26)27-2/h6-12,21H,3-5,13H2,1-2H3/t21-,24+/m1/s1. The van der Waals surface area contributed by atoms with Crippen LogP contribution in [0.1, 0.15) is 59.2 Å². The van der Waals surface area contributed by atoms with E-state index in [0.29, 0.717) is 17.1 Å². The fourth-order valence-electron chi connectivity index (χ4n) is 5.06. The molecule has 0 unspecified atom stereocenters. The van der Waals surface area contributed by atoms with Crippen LogP contribution >= 0.6 is 0 Å². The summed E-state index contributed by atoms with van der Waals surface area (Å²) >= 11 is 0. The zero-order valence-corrected chi connectivity index (χ0v) is 16.5. The molecule has 5 rings (SSSR count). The minimum Gasteiger partial charge on any atom is -0.468 e. The maximum absolute atomic E-state index is 13.9. The summed E-state index contributed by atoms with van der Waals surface area (Å²) in [6.07, 6.45) is 4.89. The topological polar surface area (TPSA) is 61.8 Å². The number of fused-ring (bicyclic) bond motifs is 6. The normalized spacial score (nSPS) is 24.4. The molecule has 0 N–H and O–H groups in total. The van der Waals surface area contributed by atoms with E-state index < -0.39 is 17.3 Å². The van der Waals surface area contributed by atoms with E-state index in [0.717, 1.165) is 41.5 Å². The molecule has 0 radical (unpaired) electrons. The number of benzene rings is 2. The zero-order chi connectivity index (χ0) is 20.2. The molecule has 0 spiro atoms. The van der Waals surface area contributed by atoms with Crippen LogP contribution in [0.3, 0.4) is 0 Å². The number of carbonyl (C=O) groups excluding carboxylic acids is 2. The minimum absolute atomic E-state index is 0.137. The number of Topliss-reactive ketones (excluding diaryl/α,β-unsaturated/α-hetero) is 1. The van der Waals surface area contributed by atoms with Crippen LogP contribution in [0.5, 0.6) is 11.5 Å². The highest BCUT2D eigenvalue weighted by Crippen LogP contribution is 2.65. The van der Waals surface area contributed by atoms with Gasteiger partial charge < -0.3 is 14.2 Å². The summed E-state index contributed by atoms with van der Waals surface area (Å²) in [6.45, 7) is 2.26. The Kier molecular flexibility index (Phi) is 4.02. The maximum atomic E-state index is 13.9. The molecule has 29 heavy (non-hydrogen) atoms. The number of unbranched alkanes of at least 4 members (excludes halogenated alkanes) is 2. The zero-order valence-electron chi connectivity index (χ0n) is 16.5. The van der Waals surface area contributed by atoms with Gasteiger partial charge in [-0.05, 0) is 40.8 Å². The summed E-state index contributed by atoms with van der Waals surface area (Å²) in [4.78, 5) is 27.2. The number of ether oxygens (including phenoxy) is 3. The molecule has 0 saturated carbocycles. The van der Waals surface area contributed by atoms with Crippen LogP contribution in [0.15, 0.2) is 42.5 Å². The van der Waals surface area contributed by atoms with Crippen molar-refractivity contribution in [2.45, 2.75) is 32.1 Å². The minimum atomic E-state index is -1.39. The van der Waals surface area contributed by atoms with E-state index in [1.807, 2.05) is 30.3 Å². The summed E-state index contributed by atoms with van der Waals surface area (Å²) in [5.74, 6) is 0.00210. The van der Waals surface area contributed by atoms with Crippen LogP contribution in [0.2, 0.25) is 0 Å². The van der Waals surface area contributed by atoms with Gasteiger partial charge in [0.2, 0.25) is 6.79 Å². The predicted molar refractivity (Wildman–Crippen MR) is 107 cm³/mol. The van der Waals surface area contributed by atoms with Gasteiger partial charge in [0.15, 0.2) is 22.7 Å². The van der Waals surface area contributed by atoms with Crippen molar-refractivity contribution in [1.29, 1.82) is 0 Å². The molecule has 2 aromatic rings. The lowest BCUT2D eigenvalue weighted by atomic mass is 9.73. The first-order chi connectivity index (χ1) is 14.1. The Labute approximate surface area is 169 Å². The number of methoxy groups -OCH3 is 1. The third kappa shape index (κ3) is 2.21. The highest BCUT2D eigenvalue weighted by Gasteiger charge is 2.66. The van der Waals surface area contributed by atoms with Crippen molar-refractivity contribution in [3.8, 4) is 11.5 Å². The maximum Gasteiger partial charge on any atom is 0.325 e. The number of hydrogen-bond acceptors (Lipinski definition) is 5. The van der Waals surface area contributed by atoms with E-state index in [1.165, 1.54) is 7.11 Å². The lowest BCUT2D eigenvalue weighted by molar-refractivity contribution is -0.146. The molecule has 0 amide bonds. The fraction of sp³-hybridized carbons (Fsp3) is 0.333. The Hall–Kier alpha value is -3.08. The van der Waals surface area contributed by atoms with Crippen LogP contribution in [-0.4, -0.2) is 25.7 Å². The molecule has 0 saturated heterocycles. The highest BCUT2D eigenvalue weighted by atomic mass is 16.7. The Morgan fingerprint density at radius 3 is 2.69 bits per heavy atom. The first-order valence-corrected chi connectivity index (χ1v) is 10.0. The number of hydrogen-bond donors (Lipinski definition) is 0. The predicted octanol–water partition coefficient (Wildman–Crippen LogP) is 4.49. The van der Waals surface area contributed by atoms with Crippen LogP contribution in [0.25, 0.3) is 5.57 Å². The van der Waals surface area contributed by atoms with Crippen LogP contribution in [-0.2, 0) is 9.53 Å². The smallest absolute Gasteiger partial charge is 0.325 e. The van der Waals surface area contributed by atoms with E-state index in [9.17, 15) is 9.59 Å². The van der Waals surface area contributed by atoms with Crippen molar-refractivity contribution in [2.24, 2.45) is 5.41 Å². The second-order valence-electron chi connectivity index (χ2n) is 7.70.